The third-order valence-electron chi connectivity index (χ3n) is 12.5. The van der Waals surface area contributed by atoms with Gasteiger partial charge >= 0.3 is 0 Å². The van der Waals surface area contributed by atoms with Gasteiger partial charge in [-0.3, -0.25) is 4.79 Å². The predicted octanol–water partition coefficient (Wildman–Crippen LogP) is 14.0. The van der Waals surface area contributed by atoms with Crippen LogP contribution in [0.25, 0.3) is 0 Å². The van der Waals surface area contributed by atoms with Gasteiger partial charge in [0.25, 0.3) is 0 Å². The highest BCUT2D eigenvalue weighted by Gasteiger charge is 2.44. The van der Waals surface area contributed by atoms with Crippen molar-refractivity contribution >= 4 is 5.91 Å². The van der Waals surface area contributed by atoms with Crippen LogP contribution in [-0.2, 0) is 14.3 Å². The third kappa shape index (κ3) is 39.8. The summed E-state index contributed by atoms with van der Waals surface area (Å²) in [5.41, 5.74) is 0. The molecule has 7 atom stereocenters. The second-order valence-electron chi connectivity index (χ2n) is 19.0. The summed E-state index contributed by atoms with van der Waals surface area (Å²) in [5.74, 6) is -0.196. The van der Waals surface area contributed by atoms with Gasteiger partial charge in [-0.15, -0.1) is 0 Å². The van der Waals surface area contributed by atoms with Crippen molar-refractivity contribution in [3.63, 3.8) is 0 Å². The highest BCUT2D eigenvalue weighted by Crippen LogP contribution is 2.23. The molecule has 6 N–H and O–H groups in total. The highest BCUT2D eigenvalue weighted by molar-refractivity contribution is 5.76. The van der Waals surface area contributed by atoms with Crippen molar-refractivity contribution in [1.29, 1.82) is 0 Å². The summed E-state index contributed by atoms with van der Waals surface area (Å²) in [6.07, 6.45) is 68.5. The summed E-state index contributed by atoms with van der Waals surface area (Å²) < 4.78 is 11.2. The molecule has 1 amide bonds. The summed E-state index contributed by atoms with van der Waals surface area (Å²) in [6, 6.07) is -0.828. The average molecular weight is 991 g/mol. The number of hydrogen-bond donors (Lipinski definition) is 6. The first kappa shape index (κ1) is 65.6. The molecule has 1 aliphatic rings. The van der Waals surface area contributed by atoms with Gasteiger partial charge in [0.2, 0.25) is 5.91 Å². The monoisotopic (exact) mass is 990 g/mol. The van der Waals surface area contributed by atoms with Crippen LogP contribution in [0.4, 0.5) is 0 Å². The van der Waals surface area contributed by atoms with Crippen molar-refractivity contribution in [1.82, 2.24) is 5.32 Å². The van der Waals surface area contributed by atoms with Gasteiger partial charge in [-0.2, -0.15) is 0 Å². The maximum absolute atomic E-state index is 13.0. The topological polar surface area (TPSA) is 149 Å². The molecule has 1 aliphatic heterocycles. The van der Waals surface area contributed by atoms with Gasteiger partial charge < -0.3 is 40.3 Å². The van der Waals surface area contributed by atoms with Crippen LogP contribution in [-0.4, -0.2) is 87.5 Å². The minimum Gasteiger partial charge on any atom is -0.394 e. The second-order valence-corrected chi connectivity index (χ2v) is 19.0. The Kier molecular flexibility index (Phi) is 46.3. The zero-order chi connectivity index (χ0) is 51.5. The highest BCUT2D eigenvalue weighted by atomic mass is 16.7. The van der Waals surface area contributed by atoms with E-state index in [9.17, 15) is 30.3 Å². The molecule has 0 aromatic heterocycles. The molecular weight excluding hydrogens is 887 g/mol. The number of rotatable bonds is 46. The van der Waals surface area contributed by atoms with E-state index < -0.39 is 49.5 Å². The van der Waals surface area contributed by atoms with Gasteiger partial charge in [-0.1, -0.05) is 225 Å². The first-order chi connectivity index (χ1) is 34.8. The van der Waals surface area contributed by atoms with Crippen LogP contribution >= 0.6 is 0 Å². The number of aliphatic hydroxyl groups is 5. The van der Waals surface area contributed by atoms with Gasteiger partial charge in [0.1, 0.15) is 24.4 Å². The molecule has 0 aromatic carbocycles. The van der Waals surface area contributed by atoms with Crippen molar-refractivity contribution in [2.75, 3.05) is 13.2 Å². The zero-order valence-electron chi connectivity index (χ0n) is 44.7. The van der Waals surface area contributed by atoms with Crippen molar-refractivity contribution in [2.45, 2.75) is 249 Å². The third-order valence-corrected chi connectivity index (χ3v) is 12.5. The number of nitrogens with one attached hydrogen (secondary N) is 1. The molecule has 1 heterocycles. The number of ether oxygens (including phenoxy) is 2. The molecular formula is C62H103NO8. The molecule has 0 bridgehead atoms. The lowest BCUT2D eigenvalue weighted by Crippen LogP contribution is -2.60. The summed E-state index contributed by atoms with van der Waals surface area (Å²) in [4.78, 5) is 13.0. The molecule has 7 unspecified atom stereocenters. The molecule has 0 saturated carbocycles. The normalized spacial score (nSPS) is 20.2. The molecule has 9 nitrogen and oxygen atoms in total. The van der Waals surface area contributed by atoms with E-state index in [4.69, 9.17) is 9.47 Å². The molecule has 0 aliphatic carbocycles. The van der Waals surface area contributed by atoms with Crippen molar-refractivity contribution < 1.29 is 39.8 Å². The number of carbonyl (C=O) groups excluding carboxylic acids is 1. The number of amides is 1. The van der Waals surface area contributed by atoms with Crippen LogP contribution in [0.5, 0.6) is 0 Å². The number of hydrogen-bond acceptors (Lipinski definition) is 8. The van der Waals surface area contributed by atoms with Crippen LogP contribution in [0.2, 0.25) is 0 Å². The molecule has 404 valence electrons. The summed E-state index contributed by atoms with van der Waals surface area (Å²) in [6.45, 7) is 3.60. The number of allylic oxidation sites excluding steroid dienone is 19. The van der Waals surface area contributed by atoms with E-state index >= 15 is 0 Å². The Morgan fingerprint density at radius 3 is 1.35 bits per heavy atom. The zero-order valence-corrected chi connectivity index (χ0v) is 44.7. The lowest BCUT2D eigenvalue weighted by molar-refractivity contribution is -0.302. The summed E-state index contributed by atoms with van der Waals surface area (Å²) >= 11 is 0. The van der Waals surface area contributed by atoms with Gasteiger partial charge in [0.15, 0.2) is 6.29 Å². The number of carbonyl (C=O) groups is 1. The van der Waals surface area contributed by atoms with E-state index in [1.54, 1.807) is 6.08 Å². The van der Waals surface area contributed by atoms with Crippen LogP contribution in [0.3, 0.4) is 0 Å². The van der Waals surface area contributed by atoms with Crippen molar-refractivity contribution in [3.05, 3.63) is 122 Å². The lowest BCUT2D eigenvalue weighted by atomic mass is 9.99. The molecule has 9 heteroatoms. The van der Waals surface area contributed by atoms with E-state index in [-0.39, 0.29) is 12.5 Å². The Hall–Kier alpha value is -3.41. The van der Waals surface area contributed by atoms with E-state index in [1.807, 2.05) is 6.08 Å². The lowest BCUT2D eigenvalue weighted by Gasteiger charge is -2.40. The summed E-state index contributed by atoms with van der Waals surface area (Å²) in [7, 11) is 0. The Balaban J connectivity index is 2.14. The molecule has 1 rings (SSSR count). The van der Waals surface area contributed by atoms with Gasteiger partial charge in [-0.25, -0.2) is 0 Å². The smallest absolute Gasteiger partial charge is 0.220 e. The van der Waals surface area contributed by atoms with Gasteiger partial charge in [0, 0.05) is 6.42 Å². The van der Waals surface area contributed by atoms with Crippen molar-refractivity contribution in [3.8, 4) is 0 Å². The van der Waals surface area contributed by atoms with E-state index in [0.717, 1.165) is 89.9 Å². The molecule has 71 heavy (non-hydrogen) atoms. The predicted molar refractivity (Wildman–Crippen MR) is 299 cm³/mol. The first-order valence-corrected chi connectivity index (χ1v) is 28.3. The molecule has 1 fully saturated rings. The quantitative estimate of drug-likeness (QED) is 0.0261. The van der Waals surface area contributed by atoms with E-state index in [0.29, 0.717) is 6.42 Å². The largest absolute Gasteiger partial charge is 0.394 e. The van der Waals surface area contributed by atoms with Gasteiger partial charge in [-0.05, 0) is 96.3 Å². The van der Waals surface area contributed by atoms with Gasteiger partial charge in [0.05, 0.1) is 25.4 Å². The molecule has 0 aromatic rings. The molecule has 0 radical (unpaired) electrons. The van der Waals surface area contributed by atoms with Crippen LogP contribution < -0.4 is 5.32 Å². The van der Waals surface area contributed by atoms with E-state index in [1.165, 1.54) is 96.3 Å². The Morgan fingerprint density at radius 2 is 0.887 bits per heavy atom. The fourth-order valence-electron chi connectivity index (χ4n) is 8.07. The van der Waals surface area contributed by atoms with Crippen LogP contribution in [0.1, 0.15) is 206 Å². The Morgan fingerprint density at radius 1 is 0.493 bits per heavy atom. The molecule has 1 saturated heterocycles. The minimum atomic E-state index is -1.58. The maximum Gasteiger partial charge on any atom is 0.220 e. The second kappa shape index (κ2) is 50.1. The summed E-state index contributed by atoms with van der Waals surface area (Å²) in [5, 5.41) is 54.2. The number of unbranched alkanes of at least 4 members (excludes halogenated alkanes) is 18. The number of aliphatic hydroxyl groups excluding tert-OH is 5. The maximum atomic E-state index is 13.0. The average Bonchev–Trinajstić information content (AvgIpc) is 3.37. The van der Waals surface area contributed by atoms with Crippen molar-refractivity contribution in [2.24, 2.45) is 0 Å². The minimum absolute atomic E-state index is 0.196. The van der Waals surface area contributed by atoms with Crippen LogP contribution in [0, 0.1) is 0 Å². The molecule has 0 spiro atoms. The van der Waals surface area contributed by atoms with E-state index in [2.05, 4.69) is 129 Å². The standard InChI is InChI=1S/C62H103NO8/c1-3-5-7-9-11-13-15-16-17-18-19-20-21-22-23-24-25-26-27-28-29-30-31-32-33-34-35-36-37-38-39-40-42-44-46-48-50-52-58(66)63-55(54-70-62-61(69)60(68)59(67)57(53-64)71-62)56(65)51-49-47-45-43-41-14-12-10-8-6-4-2/h5,7,11,13,16-17,19-20,22-23,25-26,28-29,31-32,41,43,49,51,55-57,59-62,64-65,67-69H,3-4,6,8-10,12,14-15,18,21,24,27,30,33-40,42,44-48,50,52-54H2,1-2H3,(H,63,66)/b7-5-,13-11-,17-16-,20-19-,23-22-,26-25-,29-28-,32-31-,43-41+,51-49+. The van der Waals surface area contributed by atoms with Crippen LogP contribution in [0.15, 0.2) is 122 Å². The Labute approximate surface area is 433 Å². The fourth-order valence-corrected chi connectivity index (χ4v) is 8.07. The SMILES string of the molecule is CC/C=C\C/C=C\C/C=C\C/C=C\C/C=C\C/C=C\C/C=C\C/C=C\CCCCCCCCCCCCCCC(=O)NC(COC1OC(CO)C(O)C(O)C1O)C(O)/C=C/CC/C=C/CCCCCCC. The first-order valence-electron chi connectivity index (χ1n) is 28.3. The Bertz CT molecular complexity index is 1520. The fraction of sp³-hybridized carbons (Fsp3) is 0.661.